The Morgan fingerprint density at radius 3 is 2.38 bits per heavy atom. The van der Waals surface area contributed by atoms with Gasteiger partial charge >= 0.3 is 11.9 Å². The van der Waals surface area contributed by atoms with Crippen LogP contribution < -0.4 is 21.5 Å². The van der Waals surface area contributed by atoms with E-state index >= 15 is 0 Å². The summed E-state index contributed by atoms with van der Waals surface area (Å²) in [5, 5.41) is 17.0. The number of esters is 1. The number of methoxy groups -OCH3 is 1. The fourth-order valence-corrected chi connectivity index (χ4v) is 3.64. The summed E-state index contributed by atoms with van der Waals surface area (Å²) in [5.74, 6) is -3.94. The number of hydrogen-bond acceptors (Lipinski definition) is 7. The van der Waals surface area contributed by atoms with Crippen LogP contribution in [0.2, 0.25) is 0 Å². The first-order valence-corrected chi connectivity index (χ1v) is 12.7. The third kappa shape index (κ3) is 9.53. The molecule has 0 bridgehead atoms. The van der Waals surface area contributed by atoms with Crippen molar-refractivity contribution in [2.45, 2.75) is 51.7 Å². The van der Waals surface area contributed by atoms with Crippen LogP contribution >= 0.6 is 0 Å². The number of nitrogens with zero attached hydrogens (tertiary/aromatic N) is 1. The number of amides is 3. The van der Waals surface area contributed by atoms with Crippen molar-refractivity contribution in [3.8, 4) is 0 Å². The summed E-state index contributed by atoms with van der Waals surface area (Å²) in [6.45, 7) is 3.03. The minimum atomic E-state index is -1.18. The van der Waals surface area contributed by atoms with E-state index in [2.05, 4.69) is 20.7 Å². The summed E-state index contributed by atoms with van der Waals surface area (Å²) in [6.07, 6.45) is 4.90. The Kier molecular flexibility index (Phi) is 12.3. The van der Waals surface area contributed by atoms with Crippen molar-refractivity contribution in [2.24, 2.45) is 5.92 Å². The van der Waals surface area contributed by atoms with E-state index in [-0.39, 0.29) is 24.4 Å². The van der Waals surface area contributed by atoms with Gasteiger partial charge in [0.15, 0.2) is 0 Å². The van der Waals surface area contributed by atoms with Crippen LogP contribution in [0.15, 0.2) is 65.6 Å². The van der Waals surface area contributed by atoms with Gasteiger partial charge in [0, 0.05) is 17.8 Å². The summed E-state index contributed by atoms with van der Waals surface area (Å²) in [5.41, 5.74) is -0.503. The number of carbonyl (C=O) groups is 5. The number of rotatable bonds is 14. The molecule has 0 aliphatic heterocycles. The van der Waals surface area contributed by atoms with Crippen LogP contribution in [-0.2, 0) is 30.5 Å². The molecule has 12 heteroatoms. The van der Waals surface area contributed by atoms with Gasteiger partial charge in [-0.15, -0.1) is 0 Å². The van der Waals surface area contributed by atoms with Crippen LogP contribution in [0.5, 0.6) is 0 Å². The minimum Gasteiger partial charge on any atom is -0.480 e. The highest BCUT2D eigenvalue weighted by molar-refractivity contribution is 6.01. The van der Waals surface area contributed by atoms with Crippen molar-refractivity contribution < 1.29 is 33.8 Å². The highest BCUT2D eigenvalue weighted by atomic mass is 16.5. The van der Waals surface area contributed by atoms with Gasteiger partial charge in [-0.2, -0.15) is 0 Å². The molecule has 1 heterocycles. The van der Waals surface area contributed by atoms with Crippen LogP contribution in [0.25, 0.3) is 0 Å². The molecule has 0 aliphatic rings. The number of pyridine rings is 1. The summed E-state index contributed by atoms with van der Waals surface area (Å²) < 4.78 is 5.58. The molecule has 1 aromatic carbocycles. The number of aliphatic carboxylic acids is 1. The maximum Gasteiger partial charge on any atom is 0.330 e. The van der Waals surface area contributed by atoms with Crippen molar-refractivity contribution in [1.29, 1.82) is 0 Å². The Morgan fingerprint density at radius 1 is 1.05 bits per heavy atom. The molecule has 4 N–H and O–H groups in total. The van der Waals surface area contributed by atoms with Gasteiger partial charge in [0.2, 0.25) is 11.8 Å². The molecule has 0 radical (unpaired) electrons. The number of carboxylic acid groups (broad SMARTS) is 1. The van der Waals surface area contributed by atoms with Gasteiger partial charge < -0.3 is 30.4 Å². The number of benzene rings is 1. The topological polar surface area (TPSA) is 173 Å². The Labute approximate surface area is 231 Å². The molecule has 12 nitrogen and oxygen atoms in total. The molecule has 3 amide bonds. The van der Waals surface area contributed by atoms with Gasteiger partial charge in [-0.25, -0.2) is 9.59 Å². The second-order valence-corrected chi connectivity index (χ2v) is 9.01. The molecule has 0 aliphatic carbocycles. The molecule has 0 saturated heterocycles. The van der Waals surface area contributed by atoms with Gasteiger partial charge in [-0.05, 0) is 43.0 Å². The highest BCUT2D eigenvalue weighted by Gasteiger charge is 2.26. The van der Waals surface area contributed by atoms with E-state index in [0.717, 1.165) is 4.57 Å². The first-order valence-electron chi connectivity index (χ1n) is 12.7. The lowest BCUT2D eigenvalue weighted by atomic mass is 9.99. The lowest BCUT2D eigenvalue weighted by molar-refractivity contribution is -0.143. The van der Waals surface area contributed by atoms with E-state index in [1.807, 2.05) is 0 Å². The van der Waals surface area contributed by atoms with E-state index in [9.17, 15) is 33.9 Å². The van der Waals surface area contributed by atoms with E-state index in [0.29, 0.717) is 12.0 Å². The SMILES string of the molecule is CCC(C)[C@H](NC(=O)Cn1cccc(NC(=O)[C@H](CC/C=C/C(=O)OC)NC(=O)c2ccccc2)c1=O)C(=O)O. The summed E-state index contributed by atoms with van der Waals surface area (Å²) in [4.78, 5) is 74.2. The minimum absolute atomic E-state index is 0.105. The number of carbonyl (C=O) groups excluding carboxylic acids is 4. The number of allylic oxidation sites excluding steroid dienone is 1. The molecule has 2 aromatic rings. The summed E-state index contributed by atoms with van der Waals surface area (Å²) in [7, 11) is 1.23. The van der Waals surface area contributed by atoms with Crippen molar-refractivity contribution in [3.05, 3.63) is 76.7 Å². The molecular weight excluding hydrogens is 520 g/mol. The zero-order valence-corrected chi connectivity index (χ0v) is 22.6. The van der Waals surface area contributed by atoms with Gasteiger partial charge in [-0.1, -0.05) is 44.5 Å². The predicted octanol–water partition coefficient (Wildman–Crippen LogP) is 1.71. The number of ether oxygens (including phenoxy) is 1. The average Bonchev–Trinajstić information content (AvgIpc) is 2.94. The highest BCUT2D eigenvalue weighted by Crippen LogP contribution is 2.09. The number of aromatic nitrogens is 1. The monoisotopic (exact) mass is 554 g/mol. The average molecular weight is 555 g/mol. The zero-order valence-electron chi connectivity index (χ0n) is 22.6. The van der Waals surface area contributed by atoms with Gasteiger partial charge in [0.25, 0.3) is 11.5 Å². The van der Waals surface area contributed by atoms with Gasteiger partial charge in [0.05, 0.1) is 7.11 Å². The molecule has 1 aromatic heterocycles. The van der Waals surface area contributed by atoms with Gasteiger partial charge in [0.1, 0.15) is 24.3 Å². The molecule has 40 heavy (non-hydrogen) atoms. The largest absolute Gasteiger partial charge is 0.480 e. The third-order valence-corrected chi connectivity index (χ3v) is 6.12. The predicted molar refractivity (Wildman–Crippen MR) is 146 cm³/mol. The maximum atomic E-state index is 13.1. The molecule has 1 unspecified atom stereocenters. The molecule has 2 rings (SSSR count). The van der Waals surface area contributed by atoms with Crippen molar-refractivity contribution in [1.82, 2.24) is 15.2 Å². The van der Waals surface area contributed by atoms with Crippen LogP contribution in [0.4, 0.5) is 5.69 Å². The lowest BCUT2D eigenvalue weighted by Crippen LogP contribution is -2.47. The van der Waals surface area contributed by atoms with Crippen LogP contribution in [0.3, 0.4) is 0 Å². The van der Waals surface area contributed by atoms with E-state index in [4.69, 9.17) is 0 Å². The Morgan fingerprint density at radius 2 is 1.75 bits per heavy atom. The fourth-order valence-electron chi connectivity index (χ4n) is 3.64. The van der Waals surface area contributed by atoms with Crippen molar-refractivity contribution in [2.75, 3.05) is 12.4 Å². The quantitative estimate of drug-likeness (QED) is 0.202. The Balaban J connectivity index is 2.18. The van der Waals surface area contributed by atoms with Crippen molar-refractivity contribution in [3.63, 3.8) is 0 Å². The second kappa shape index (κ2) is 15.6. The van der Waals surface area contributed by atoms with Crippen LogP contribution in [0, 0.1) is 5.92 Å². The molecule has 3 atom stereocenters. The molecule has 0 fully saturated rings. The molecule has 0 saturated carbocycles. The fraction of sp³-hybridized carbons (Fsp3) is 0.357. The Hall–Kier alpha value is -4.74. The smallest absolute Gasteiger partial charge is 0.330 e. The third-order valence-electron chi connectivity index (χ3n) is 6.12. The van der Waals surface area contributed by atoms with Gasteiger partial charge in [-0.3, -0.25) is 19.2 Å². The normalized spacial score (nSPS) is 13.1. The number of carboxylic acids is 1. The Bertz CT molecular complexity index is 1290. The lowest BCUT2D eigenvalue weighted by Gasteiger charge is -2.20. The molecule has 214 valence electrons. The number of hydrogen-bond donors (Lipinski definition) is 4. The van der Waals surface area contributed by atoms with E-state index in [1.165, 1.54) is 37.6 Å². The second-order valence-electron chi connectivity index (χ2n) is 9.01. The number of nitrogens with one attached hydrogen (secondary N) is 3. The number of anilines is 1. The van der Waals surface area contributed by atoms with Crippen molar-refractivity contribution >= 4 is 35.3 Å². The maximum absolute atomic E-state index is 13.1. The summed E-state index contributed by atoms with van der Waals surface area (Å²) >= 11 is 0. The first-order chi connectivity index (χ1) is 19.1. The van der Waals surface area contributed by atoms with E-state index < -0.39 is 53.8 Å². The van der Waals surface area contributed by atoms with Crippen LogP contribution in [0.1, 0.15) is 43.5 Å². The standard InChI is InChI=1S/C28H34N4O8/c1-4-18(2)24(28(38)39)31-22(33)17-32-16-10-14-21(27(32)37)30-26(36)20(13-8-9-15-23(34)40-3)29-25(35)19-11-6-5-7-12-19/h5-7,9-12,14-16,18,20,24H,4,8,13,17H2,1-3H3,(H,29,35)(H,30,36)(H,31,33)(H,38,39)/b15-9+/t18?,20-,24-/m0/s1. The molecular formula is C28H34N4O8. The molecule has 0 spiro atoms. The zero-order chi connectivity index (χ0) is 29.7. The first kappa shape index (κ1) is 31.5. The van der Waals surface area contributed by atoms with Crippen LogP contribution in [-0.4, -0.2) is 58.5 Å². The van der Waals surface area contributed by atoms with E-state index in [1.54, 1.807) is 44.2 Å². The summed E-state index contributed by atoms with van der Waals surface area (Å²) in [6, 6.07) is 8.87.